The lowest BCUT2D eigenvalue weighted by Gasteiger charge is -2.05. The Balaban J connectivity index is 1.50. The standard InChI is InChI=1S/C19H19N5O2/c1-22-15-9-5-6-10-16(15)24-18(22)21-23(19(24)26)13-17(25)20-12-11-14-7-3-2-4-8-14/h2-10H,11-13H2,1H3,(H,20,25). The van der Waals surface area contributed by atoms with E-state index in [-0.39, 0.29) is 18.1 Å². The van der Waals surface area contributed by atoms with Gasteiger partial charge in [-0.2, -0.15) is 0 Å². The van der Waals surface area contributed by atoms with Crippen molar-refractivity contribution in [2.45, 2.75) is 13.0 Å². The molecule has 0 aliphatic heterocycles. The number of imidazole rings is 1. The van der Waals surface area contributed by atoms with Crippen molar-refractivity contribution in [3.05, 3.63) is 70.6 Å². The molecule has 7 heteroatoms. The van der Waals surface area contributed by atoms with Gasteiger partial charge >= 0.3 is 5.69 Å². The second kappa shape index (κ2) is 6.51. The fourth-order valence-corrected chi connectivity index (χ4v) is 3.15. The number of nitrogens with one attached hydrogen (secondary N) is 1. The lowest BCUT2D eigenvalue weighted by atomic mass is 10.1. The van der Waals surface area contributed by atoms with E-state index in [1.807, 2.05) is 66.2 Å². The summed E-state index contributed by atoms with van der Waals surface area (Å²) < 4.78 is 4.59. The molecule has 1 N–H and O–H groups in total. The molecule has 0 saturated heterocycles. The molecular weight excluding hydrogens is 330 g/mol. The van der Waals surface area contributed by atoms with Crippen LogP contribution in [-0.2, 0) is 24.8 Å². The number of aryl methyl sites for hydroxylation is 1. The maximum Gasteiger partial charge on any atom is 0.352 e. The number of carbonyl (C=O) groups is 1. The molecular formula is C19H19N5O2. The van der Waals surface area contributed by atoms with E-state index in [1.54, 1.807) is 0 Å². The normalized spacial score (nSPS) is 11.3. The summed E-state index contributed by atoms with van der Waals surface area (Å²) in [6.07, 6.45) is 0.747. The highest BCUT2D eigenvalue weighted by Crippen LogP contribution is 2.16. The Morgan fingerprint density at radius 1 is 1.04 bits per heavy atom. The van der Waals surface area contributed by atoms with E-state index in [0.717, 1.165) is 23.0 Å². The maximum atomic E-state index is 12.7. The summed E-state index contributed by atoms with van der Waals surface area (Å²) in [6.45, 7) is 0.428. The Bertz CT molecular complexity index is 1140. The Hall–Kier alpha value is -3.35. The second-order valence-corrected chi connectivity index (χ2v) is 6.21. The van der Waals surface area contributed by atoms with E-state index in [1.165, 1.54) is 9.08 Å². The molecule has 7 nitrogen and oxygen atoms in total. The molecule has 4 aromatic rings. The van der Waals surface area contributed by atoms with Crippen LogP contribution in [0.2, 0.25) is 0 Å². The SMILES string of the molecule is Cn1c2ccccc2n2c(=O)n(CC(=O)NCCc3ccccc3)nc12. The topological polar surface area (TPSA) is 73.3 Å². The van der Waals surface area contributed by atoms with Crippen LogP contribution in [0.25, 0.3) is 16.8 Å². The third-order valence-electron chi connectivity index (χ3n) is 4.48. The first-order valence-electron chi connectivity index (χ1n) is 8.49. The van der Waals surface area contributed by atoms with E-state index >= 15 is 0 Å². The van der Waals surface area contributed by atoms with Crippen LogP contribution in [0.3, 0.4) is 0 Å². The van der Waals surface area contributed by atoms with E-state index in [9.17, 15) is 9.59 Å². The highest BCUT2D eigenvalue weighted by atomic mass is 16.2. The van der Waals surface area contributed by atoms with Gasteiger partial charge in [-0.1, -0.05) is 42.5 Å². The number of hydrogen-bond acceptors (Lipinski definition) is 3. The number of amides is 1. The summed E-state index contributed by atoms with van der Waals surface area (Å²) in [4.78, 5) is 24.8. The summed E-state index contributed by atoms with van der Waals surface area (Å²) in [6, 6.07) is 17.5. The number of hydrogen-bond donors (Lipinski definition) is 1. The lowest BCUT2D eigenvalue weighted by Crippen LogP contribution is -2.33. The largest absolute Gasteiger partial charge is 0.354 e. The minimum atomic E-state index is -0.310. The molecule has 0 aliphatic carbocycles. The van der Waals surface area contributed by atoms with Gasteiger partial charge in [-0.3, -0.25) is 4.79 Å². The van der Waals surface area contributed by atoms with Gasteiger partial charge in [0, 0.05) is 13.6 Å². The predicted molar refractivity (Wildman–Crippen MR) is 99.1 cm³/mol. The van der Waals surface area contributed by atoms with Gasteiger partial charge in [0.2, 0.25) is 11.7 Å². The van der Waals surface area contributed by atoms with Crippen LogP contribution in [-0.4, -0.2) is 31.2 Å². The average molecular weight is 349 g/mol. The van der Waals surface area contributed by atoms with Gasteiger partial charge in [-0.15, -0.1) is 5.10 Å². The Morgan fingerprint density at radius 2 is 1.73 bits per heavy atom. The number of benzene rings is 2. The zero-order valence-electron chi connectivity index (χ0n) is 14.4. The van der Waals surface area contributed by atoms with Gasteiger partial charge in [0.05, 0.1) is 11.0 Å². The first-order valence-corrected chi connectivity index (χ1v) is 8.49. The molecule has 0 aliphatic rings. The molecule has 0 bridgehead atoms. The van der Waals surface area contributed by atoms with Crippen molar-refractivity contribution in [3.63, 3.8) is 0 Å². The monoisotopic (exact) mass is 349 g/mol. The zero-order valence-corrected chi connectivity index (χ0v) is 14.4. The van der Waals surface area contributed by atoms with Crippen LogP contribution in [0.4, 0.5) is 0 Å². The fourth-order valence-electron chi connectivity index (χ4n) is 3.15. The Kier molecular flexibility index (Phi) is 4.04. The summed E-state index contributed by atoms with van der Waals surface area (Å²) in [5, 5.41) is 7.16. The first kappa shape index (κ1) is 16.1. The number of aromatic nitrogens is 4. The first-order chi connectivity index (χ1) is 12.6. The van der Waals surface area contributed by atoms with Crippen LogP contribution < -0.4 is 11.0 Å². The molecule has 2 aromatic carbocycles. The summed E-state index contributed by atoms with van der Waals surface area (Å²) in [7, 11) is 1.86. The lowest BCUT2D eigenvalue weighted by molar-refractivity contribution is -0.121. The van der Waals surface area contributed by atoms with E-state index in [4.69, 9.17) is 0 Å². The molecule has 26 heavy (non-hydrogen) atoms. The molecule has 0 spiro atoms. The van der Waals surface area contributed by atoms with E-state index < -0.39 is 0 Å². The van der Waals surface area contributed by atoms with Gasteiger partial charge < -0.3 is 9.88 Å². The fraction of sp³-hybridized carbons (Fsp3) is 0.211. The second-order valence-electron chi connectivity index (χ2n) is 6.21. The van der Waals surface area contributed by atoms with Crippen molar-refractivity contribution in [1.82, 2.24) is 24.1 Å². The van der Waals surface area contributed by atoms with E-state index in [0.29, 0.717) is 12.3 Å². The maximum absolute atomic E-state index is 12.7. The molecule has 2 aromatic heterocycles. The van der Waals surface area contributed by atoms with Crippen LogP contribution in [0.15, 0.2) is 59.4 Å². The molecule has 1 amide bonds. The molecule has 0 saturated carbocycles. The molecule has 0 unspecified atom stereocenters. The molecule has 0 radical (unpaired) electrons. The number of rotatable bonds is 5. The Labute approximate surface area is 149 Å². The van der Waals surface area contributed by atoms with Crippen molar-refractivity contribution in [2.75, 3.05) is 6.54 Å². The predicted octanol–water partition coefficient (Wildman–Crippen LogP) is 1.35. The third-order valence-corrected chi connectivity index (χ3v) is 4.48. The minimum absolute atomic E-state index is 0.0936. The van der Waals surface area contributed by atoms with Crippen molar-refractivity contribution < 1.29 is 4.79 Å². The van der Waals surface area contributed by atoms with Crippen molar-refractivity contribution in [1.29, 1.82) is 0 Å². The summed E-state index contributed by atoms with van der Waals surface area (Å²) in [5.74, 6) is 0.295. The summed E-state index contributed by atoms with van der Waals surface area (Å²) in [5.41, 5.74) is 2.55. The molecule has 132 valence electrons. The van der Waals surface area contributed by atoms with Gasteiger partial charge in [-0.25, -0.2) is 13.9 Å². The Morgan fingerprint density at radius 3 is 2.50 bits per heavy atom. The van der Waals surface area contributed by atoms with Gasteiger partial charge in [0.15, 0.2) is 0 Å². The zero-order chi connectivity index (χ0) is 18.1. The van der Waals surface area contributed by atoms with Gasteiger partial charge in [0.25, 0.3) is 0 Å². The average Bonchev–Trinajstić information content (AvgIpc) is 3.12. The number of fused-ring (bicyclic) bond motifs is 3. The van der Waals surface area contributed by atoms with Crippen LogP contribution >= 0.6 is 0 Å². The number of nitrogens with zero attached hydrogens (tertiary/aromatic N) is 4. The van der Waals surface area contributed by atoms with Crippen molar-refractivity contribution >= 4 is 22.7 Å². The highest BCUT2D eigenvalue weighted by molar-refractivity contribution is 5.80. The molecule has 2 heterocycles. The van der Waals surface area contributed by atoms with Crippen LogP contribution in [0.1, 0.15) is 5.56 Å². The van der Waals surface area contributed by atoms with Gasteiger partial charge in [-0.05, 0) is 24.1 Å². The number of carbonyl (C=O) groups excluding carboxylic acids is 1. The van der Waals surface area contributed by atoms with Gasteiger partial charge in [0.1, 0.15) is 6.54 Å². The van der Waals surface area contributed by atoms with Crippen LogP contribution in [0.5, 0.6) is 0 Å². The van der Waals surface area contributed by atoms with Crippen LogP contribution in [0, 0.1) is 0 Å². The van der Waals surface area contributed by atoms with E-state index in [2.05, 4.69) is 10.4 Å². The van der Waals surface area contributed by atoms with Crippen molar-refractivity contribution in [3.8, 4) is 0 Å². The molecule has 0 atom stereocenters. The smallest absolute Gasteiger partial charge is 0.352 e. The molecule has 0 fully saturated rings. The highest BCUT2D eigenvalue weighted by Gasteiger charge is 2.16. The molecule has 4 rings (SSSR count). The minimum Gasteiger partial charge on any atom is -0.354 e. The quantitative estimate of drug-likeness (QED) is 0.591. The summed E-state index contributed by atoms with van der Waals surface area (Å²) >= 11 is 0. The van der Waals surface area contributed by atoms with Crippen molar-refractivity contribution in [2.24, 2.45) is 7.05 Å². The number of para-hydroxylation sites is 2. The third kappa shape index (κ3) is 2.77.